The van der Waals surface area contributed by atoms with Crippen LogP contribution in [0.5, 0.6) is 0 Å². The van der Waals surface area contributed by atoms with Crippen LogP contribution in [0.25, 0.3) is 0 Å². The van der Waals surface area contributed by atoms with E-state index in [1.165, 1.54) is 11.0 Å². The predicted molar refractivity (Wildman–Crippen MR) is 112 cm³/mol. The highest BCUT2D eigenvalue weighted by Crippen LogP contribution is 2.31. The molecule has 2 amide bonds. The summed E-state index contributed by atoms with van der Waals surface area (Å²) in [6.07, 6.45) is -0.0631. The minimum atomic E-state index is -3.88. The van der Waals surface area contributed by atoms with Crippen LogP contribution in [0.15, 0.2) is 50.4 Å². The van der Waals surface area contributed by atoms with Gasteiger partial charge in [0.1, 0.15) is 9.46 Å². The molecule has 0 radical (unpaired) electrons. The van der Waals surface area contributed by atoms with Gasteiger partial charge in [-0.05, 0) is 36.9 Å². The molecule has 28 heavy (non-hydrogen) atoms. The largest absolute Gasteiger partial charge is 0.326 e. The van der Waals surface area contributed by atoms with Crippen LogP contribution in [0, 0.1) is 6.92 Å². The molecule has 0 aliphatic carbocycles. The van der Waals surface area contributed by atoms with Gasteiger partial charge in [-0.1, -0.05) is 36.0 Å². The van der Waals surface area contributed by atoms with Crippen LogP contribution < -0.4 is 5.32 Å². The number of nitrogens with zero attached hydrogens (tertiary/aromatic N) is 2. The Hall–Kier alpha value is -2.17. The molecule has 1 saturated heterocycles. The molecule has 1 aromatic heterocycles. The molecule has 1 aromatic carbocycles. The number of amides is 2. The first-order valence-corrected chi connectivity index (χ1v) is 11.7. The van der Waals surface area contributed by atoms with E-state index in [1.807, 2.05) is 25.1 Å². The lowest BCUT2D eigenvalue weighted by Crippen LogP contribution is -2.33. The van der Waals surface area contributed by atoms with Crippen LogP contribution in [-0.4, -0.2) is 42.1 Å². The molecule has 0 unspecified atom stereocenters. The van der Waals surface area contributed by atoms with Gasteiger partial charge in [-0.3, -0.25) is 14.5 Å². The molecule has 2 heterocycles. The fourth-order valence-corrected chi connectivity index (χ4v) is 6.03. The molecular formula is C18H19N3O4S3. The second kappa shape index (κ2) is 8.46. The molecule has 1 aliphatic rings. The number of para-hydroxylation sites is 1. The van der Waals surface area contributed by atoms with E-state index in [9.17, 15) is 18.0 Å². The zero-order valence-corrected chi connectivity index (χ0v) is 17.7. The van der Waals surface area contributed by atoms with E-state index in [4.69, 9.17) is 0 Å². The Balaban J connectivity index is 1.75. The third-order valence-electron chi connectivity index (χ3n) is 4.07. The number of amidine groups is 1. The normalized spacial score (nSPS) is 18.6. The quantitative estimate of drug-likeness (QED) is 0.749. The lowest BCUT2D eigenvalue weighted by atomic mass is 10.2. The number of anilines is 1. The maximum absolute atomic E-state index is 12.6. The van der Waals surface area contributed by atoms with Crippen molar-refractivity contribution in [3.05, 3.63) is 47.3 Å². The smallest absolute Gasteiger partial charge is 0.294 e. The van der Waals surface area contributed by atoms with Gasteiger partial charge in [-0.15, -0.1) is 15.7 Å². The minimum absolute atomic E-state index is 0.0631. The van der Waals surface area contributed by atoms with Crippen molar-refractivity contribution >= 4 is 55.8 Å². The van der Waals surface area contributed by atoms with Gasteiger partial charge in [-0.25, -0.2) is 0 Å². The predicted octanol–water partition coefficient (Wildman–Crippen LogP) is 3.09. The number of benzene rings is 1. The number of nitrogens with one attached hydrogen (secondary N) is 1. The molecule has 1 aliphatic heterocycles. The van der Waals surface area contributed by atoms with E-state index in [0.29, 0.717) is 5.69 Å². The van der Waals surface area contributed by atoms with Gasteiger partial charge in [0.2, 0.25) is 11.8 Å². The second-order valence-corrected chi connectivity index (χ2v) is 9.99. The van der Waals surface area contributed by atoms with Crippen LogP contribution in [0.1, 0.15) is 18.9 Å². The van der Waals surface area contributed by atoms with Crippen LogP contribution in [0.2, 0.25) is 0 Å². The topological polar surface area (TPSA) is 95.9 Å². The fourth-order valence-electron chi connectivity index (χ4n) is 2.64. The molecule has 10 heteroatoms. The summed E-state index contributed by atoms with van der Waals surface area (Å²) in [5.74, 6) is -0.619. The van der Waals surface area contributed by atoms with Crippen molar-refractivity contribution in [1.82, 2.24) is 4.90 Å². The maximum atomic E-state index is 12.6. The highest BCUT2D eigenvalue weighted by atomic mass is 32.2. The second-order valence-electron chi connectivity index (χ2n) is 6.04. The van der Waals surface area contributed by atoms with E-state index in [-0.39, 0.29) is 34.2 Å². The Morgan fingerprint density at radius 1 is 1.25 bits per heavy atom. The number of sulfonamides is 1. The summed E-state index contributed by atoms with van der Waals surface area (Å²) in [6.45, 7) is 3.90. The van der Waals surface area contributed by atoms with Crippen molar-refractivity contribution < 1.29 is 18.0 Å². The monoisotopic (exact) mass is 437 g/mol. The molecule has 1 fully saturated rings. The van der Waals surface area contributed by atoms with E-state index >= 15 is 0 Å². The Morgan fingerprint density at radius 3 is 2.64 bits per heavy atom. The molecule has 1 N–H and O–H groups in total. The van der Waals surface area contributed by atoms with Gasteiger partial charge in [0.15, 0.2) is 5.17 Å². The van der Waals surface area contributed by atoms with E-state index in [1.54, 1.807) is 24.4 Å². The zero-order valence-electron chi connectivity index (χ0n) is 15.3. The maximum Gasteiger partial charge on any atom is 0.294 e. The number of carbonyl (C=O) groups excluding carboxylic acids is 2. The zero-order chi connectivity index (χ0) is 20.3. The van der Waals surface area contributed by atoms with Crippen molar-refractivity contribution in [3.8, 4) is 0 Å². The van der Waals surface area contributed by atoms with Crippen molar-refractivity contribution in [2.24, 2.45) is 4.40 Å². The fraction of sp³-hybridized carbons (Fsp3) is 0.278. The van der Waals surface area contributed by atoms with Crippen LogP contribution >= 0.6 is 23.1 Å². The van der Waals surface area contributed by atoms with Crippen LogP contribution in [-0.2, 0) is 19.6 Å². The molecule has 0 bridgehead atoms. The highest BCUT2D eigenvalue weighted by Gasteiger charge is 2.39. The summed E-state index contributed by atoms with van der Waals surface area (Å²) < 4.78 is 28.8. The third-order valence-corrected chi connectivity index (χ3v) is 8.00. The number of hydrogen-bond acceptors (Lipinski definition) is 6. The van der Waals surface area contributed by atoms with Gasteiger partial charge in [0, 0.05) is 18.7 Å². The summed E-state index contributed by atoms with van der Waals surface area (Å²) in [5, 5.41) is 3.84. The molecule has 2 aromatic rings. The number of thioether (sulfide) groups is 1. The van der Waals surface area contributed by atoms with Crippen LogP contribution in [0.3, 0.4) is 0 Å². The van der Waals surface area contributed by atoms with Gasteiger partial charge < -0.3 is 5.32 Å². The number of carbonyl (C=O) groups is 2. The van der Waals surface area contributed by atoms with Gasteiger partial charge in [0.25, 0.3) is 10.0 Å². The number of aryl methyl sites for hydroxylation is 1. The third kappa shape index (κ3) is 4.45. The minimum Gasteiger partial charge on any atom is -0.326 e. The van der Waals surface area contributed by atoms with Crippen molar-refractivity contribution in [1.29, 1.82) is 0 Å². The molecule has 148 valence electrons. The van der Waals surface area contributed by atoms with Crippen molar-refractivity contribution in [2.45, 2.75) is 29.7 Å². The summed E-state index contributed by atoms with van der Waals surface area (Å²) in [7, 11) is -3.88. The van der Waals surface area contributed by atoms with Gasteiger partial charge in [0.05, 0.1) is 0 Å². The first kappa shape index (κ1) is 20.6. The lowest BCUT2D eigenvalue weighted by Gasteiger charge is -2.13. The highest BCUT2D eigenvalue weighted by molar-refractivity contribution is 8.16. The molecule has 0 spiro atoms. The van der Waals surface area contributed by atoms with Gasteiger partial charge in [-0.2, -0.15) is 8.42 Å². The molecule has 1 atom stereocenters. The van der Waals surface area contributed by atoms with E-state index in [0.717, 1.165) is 28.7 Å². The van der Waals surface area contributed by atoms with Crippen LogP contribution in [0.4, 0.5) is 5.69 Å². The SMILES string of the molecule is CCN1C(=O)[C@@H](CC(=O)Nc2ccccc2C)SC1=NS(=O)(=O)c1cccs1. The first-order chi connectivity index (χ1) is 13.3. The standard InChI is InChI=1S/C18H19N3O4S3/c1-3-21-17(23)14(11-15(22)19-13-8-5-4-7-12(13)2)27-18(21)20-28(24,25)16-9-6-10-26-16/h4-10,14H,3,11H2,1-2H3,(H,19,22)/t14-/m1/s1. The van der Waals surface area contributed by atoms with E-state index < -0.39 is 15.3 Å². The number of hydrogen-bond donors (Lipinski definition) is 1. The molecule has 3 rings (SSSR count). The van der Waals surface area contributed by atoms with Crippen molar-refractivity contribution in [2.75, 3.05) is 11.9 Å². The molecule has 7 nitrogen and oxygen atoms in total. The number of rotatable bonds is 6. The lowest BCUT2D eigenvalue weighted by molar-refractivity contribution is -0.128. The average Bonchev–Trinajstić information content (AvgIpc) is 3.27. The summed E-state index contributed by atoms with van der Waals surface area (Å²) in [5.41, 5.74) is 1.60. The Kier molecular flexibility index (Phi) is 6.21. The van der Waals surface area contributed by atoms with Gasteiger partial charge >= 0.3 is 0 Å². The van der Waals surface area contributed by atoms with Crippen molar-refractivity contribution in [3.63, 3.8) is 0 Å². The summed E-state index contributed by atoms with van der Waals surface area (Å²) in [6, 6.07) is 10.4. The Labute approximate surface area is 171 Å². The summed E-state index contributed by atoms with van der Waals surface area (Å²) in [4.78, 5) is 26.3. The summed E-state index contributed by atoms with van der Waals surface area (Å²) >= 11 is 2.07. The molecule has 0 saturated carbocycles. The average molecular weight is 438 g/mol. The Bertz CT molecular complexity index is 1020. The number of thiophene rings is 1. The molecular weight excluding hydrogens is 418 g/mol. The first-order valence-electron chi connectivity index (χ1n) is 8.54. The van der Waals surface area contributed by atoms with E-state index in [2.05, 4.69) is 9.71 Å². The Morgan fingerprint density at radius 2 is 2.00 bits per heavy atom.